The van der Waals surface area contributed by atoms with E-state index in [9.17, 15) is 4.79 Å². The summed E-state index contributed by atoms with van der Waals surface area (Å²) in [4.78, 5) is 15.7. The topological polar surface area (TPSA) is 70.7 Å². The summed E-state index contributed by atoms with van der Waals surface area (Å²) in [6.07, 6.45) is 3.28. The van der Waals surface area contributed by atoms with Crippen LogP contribution in [0.4, 0.5) is 0 Å². The molecule has 1 heterocycles. The normalized spacial score (nSPS) is 10.8. The van der Waals surface area contributed by atoms with Crippen LogP contribution in [-0.2, 0) is 0 Å². The molecular weight excluding hydrogens is 204 g/mol. The molecule has 1 aromatic heterocycles. The van der Waals surface area contributed by atoms with Crippen molar-refractivity contribution in [3.05, 3.63) is 11.6 Å². The largest absolute Gasteiger partial charge is 0.349 e. The van der Waals surface area contributed by atoms with Crippen molar-refractivity contribution in [2.24, 2.45) is 0 Å². The van der Waals surface area contributed by atoms with Crippen molar-refractivity contribution in [2.75, 3.05) is 6.54 Å². The van der Waals surface area contributed by atoms with Crippen LogP contribution < -0.4 is 5.32 Å². The number of aromatic amines is 1. The molecule has 90 valence electrons. The summed E-state index contributed by atoms with van der Waals surface area (Å²) in [6, 6.07) is 0. The van der Waals surface area contributed by atoms with Crippen LogP contribution in [-0.4, -0.2) is 27.6 Å². The first kappa shape index (κ1) is 12.7. The summed E-state index contributed by atoms with van der Waals surface area (Å²) in [5.41, 5.74) is 0. The fraction of sp³-hybridized carbons (Fsp3) is 0.727. The quantitative estimate of drug-likeness (QED) is 0.724. The molecule has 0 aliphatic carbocycles. The Morgan fingerprint density at radius 1 is 1.44 bits per heavy atom. The van der Waals surface area contributed by atoms with Gasteiger partial charge in [0, 0.05) is 12.5 Å². The van der Waals surface area contributed by atoms with Gasteiger partial charge < -0.3 is 5.32 Å². The molecule has 0 saturated heterocycles. The van der Waals surface area contributed by atoms with Crippen molar-refractivity contribution in [2.45, 2.75) is 46.0 Å². The average molecular weight is 224 g/mol. The van der Waals surface area contributed by atoms with Crippen LogP contribution in [0.1, 0.15) is 62.4 Å². The van der Waals surface area contributed by atoms with E-state index in [1.807, 2.05) is 13.8 Å². The monoisotopic (exact) mass is 224 g/mol. The number of amides is 1. The van der Waals surface area contributed by atoms with E-state index in [0.717, 1.165) is 25.1 Å². The van der Waals surface area contributed by atoms with Crippen molar-refractivity contribution >= 4 is 5.91 Å². The molecule has 5 heteroatoms. The van der Waals surface area contributed by atoms with Crippen LogP contribution in [0.15, 0.2) is 0 Å². The number of nitrogens with one attached hydrogen (secondary N) is 2. The number of nitrogens with zero attached hydrogens (tertiary/aromatic N) is 2. The Labute approximate surface area is 96.0 Å². The Balaban J connectivity index is 2.40. The van der Waals surface area contributed by atoms with E-state index < -0.39 is 0 Å². The van der Waals surface area contributed by atoms with Crippen molar-refractivity contribution in [3.63, 3.8) is 0 Å². The maximum absolute atomic E-state index is 11.6. The fourth-order valence-corrected chi connectivity index (χ4v) is 1.29. The predicted octanol–water partition coefficient (Wildman–Crippen LogP) is 1.85. The SMILES string of the molecule is CCCCCNC(=O)c1n[nH]c(C(C)C)n1. The Morgan fingerprint density at radius 3 is 2.75 bits per heavy atom. The molecule has 0 bridgehead atoms. The Kier molecular flexibility index (Phi) is 4.95. The molecule has 0 aromatic carbocycles. The van der Waals surface area contributed by atoms with Gasteiger partial charge in [-0.2, -0.15) is 0 Å². The lowest BCUT2D eigenvalue weighted by molar-refractivity contribution is 0.0943. The van der Waals surface area contributed by atoms with Crippen molar-refractivity contribution in [3.8, 4) is 0 Å². The molecule has 0 spiro atoms. The molecule has 0 radical (unpaired) electrons. The van der Waals surface area contributed by atoms with Crippen molar-refractivity contribution in [1.29, 1.82) is 0 Å². The number of hydrogen-bond donors (Lipinski definition) is 2. The first-order valence-corrected chi connectivity index (χ1v) is 5.85. The third-order valence-corrected chi connectivity index (χ3v) is 2.32. The van der Waals surface area contributed by atoms with Gasteiger partial charge in [-0.3, -0.25) is 9.89 Å². The number of aromatic nitrogens is 3. The average Bonchev–Trinajstić information content (AvgIpc) is 2.73. The zero-order valence-electron chi connectivity index (χ0n) is 10.2. The first-order valence-electron chi connectivity index (χ1n) is 5.85. The van der Waals surface area contributed by atoms with Crippen LogP contribution >= 0.6 is 0 Å². The van der Waals surface area contributed by atoms with E-state index >= 15 is 0 Å². The van der Waals surface area contributed by atoms with Gasteiger partial charge in [0.1, 0.15) is 5.82 Å². The second-order valence-corrected chi connectivity index (χ2v) is 4.16. The lowest BCUT2D eigenvalue weighted by Gasteiger charge is -2.00. The fourth-order valence-electron chi connectivity index (χ4n) is 1.29. The minimum atomic E-state index is -0.195. The maximum atomic E-state index is 11.6. The van der Waals surface area contributed by atoms with Gasteiger partial charge in [0.25, 0.3) is 5.91 Å². The highest BCUT2D eigenvalue weighted by Crippen LogP contribution is 2.07. The summed E-state index contributed by atoms with van der Waals surface area (Å²) in [6.45, 7) is 6.83. The molecule has 1 amide bonds. The van der Waals surface area contributed by atoms with Gasteiger partial charge in [0.15, 0.2) is 0 Å². The second-order valence-electron chi connectivity index (χ2n) is 4.16. The third kappa shape index (κ3) is 3.64. The summed E-state index contributed by atoms with van der Waals surface area (Å²) in [5.74, 6) is 1.05. The van der Waals surface area contributed by atoms with Gasteiger partial charge in [0.05, 0.1) is 0 Å². The predicted molar refractivity (Wildman–Crippen MR) is 62.3 cm³/mol. The zero-order valence-corrected chi connectivity index (χ0v) is 10.2. The summed E-state index contributed by atoms with van der Waals surface area (Å²) in [7, 11) is 0. The minimum absolute atomic E-state index is 0.195. The molecule has 0 fully saturated rings. The number of hydrogen-bond acceptors (Lipinski definition) is 3. The Morgan fingerprint density at radius 2 is 2.19 bits per heavy atom. The van der Waals surface area contributed by atoms with Crippen LogP contribution in [0.2, 0.25) is 0 Å². The van der Waals surface area contributed by atoms with Crippen molar-refractivity contribution in [1.82, 2.24) is 20.5 Å². The van der Waals surface area contributed by atoms with Crippen LogP contribution in [0.25, 0.3) is 0 Å². The lowest BCUT2D eigenvalue weighted by Crippen LogP contribution is -2.25. The van der Waals surface area contributed by atoms with Gasteiger partial charge in [-0.25, -0.2) is 4.98 Å². The standard InChI is InChI=1S/C11H20N4O/c1-4-5-6-7-12-11(16)10-13-9(8(2)3)14-15-10/h8H,4-7H2,1-3H3,(H,12,16)(H,13,14,15). The van der Waals surface area contributed by atoms with E-state index in [4.69, 9.17) is 0 Å². The molecule has 16 heavy (non-hydrogen) atoms. The van der Waals surface area contributed by atoms with E-state index in [2.05, 4.69) is 27.4 Å². The van der Waals surface area contributed by atoms with Gasteiger partial charge in [-0.05, 0) is 6.42 Å². The number of carbonyl (C=O) groups is 1. The molecule has 0 aliphatic heterocycles. The highest BCUT2D eigenvalue weighted by atomic mass is 16.2. The van der Waals surface area contributed by atoms with Crippen LogP contribution in [0, 0.1) is 0 Å². The molecule has 0 aliphatic rings. The zero-order chi connectivity index (χ0) is 12.0. The number of carbonyl (C=O) groups excluding carboxylic acids is 1. The van der Waals surface area contributed by atoms with Gasteiger partial charge >= 0.3 is 0 Å². The molecule has 0 atom stereocenters. The van der Waals surface area contributed by atoms with Crippen LogP contribution in [0.5, 0.6) is 0 Å². The van der Waals surface area contributed by atoms with E-state index in [-0.39, 0.29) is 17.6 Å². The van der Waals surface area contributed by atoms with E-state index in [1.54, 1.807) is 0 Å². The summed E-state index contributed by atoms with van der Waals surface area (Å²) >= 11 is 0. The van der Waals surface area contributed by atoms with Crippen molar-refractivity contribution < 1.29 is 4.79 Å². The molecule has 5 nitrogen and oxygen atoms in total. The number of H-pyrrole nitrogens is 1. The molecular formula is C11H20N4O. The molecule has 0 unspecified atom stereocenters. The summed E-state index contributed by atoms with van der Waals surface area (Å²) in [5, 5.41) is 9.46. The van der Waals surface area contributed by atoms with Crippen LogP contribution in [0.3, 0.4) is 0 Å². The Hall–Kier alpha value is -1.39. The maximum Gasteiger partial charge on any atom is 0.290 e. The highest BCUT2D eigenvalue weighted by Gasteiger charge is 2.12. The third-order valence-electron chi connectivity index (χ3n) is 2.32. The van der Waals surface area contributed by atoms with E-state index in [1.165, 1.54) is 0 Å². The molecule has 1 rings (SSSR count). The highest BCUT2D eigenvalue weighted by molar-refractivity contribution is 5.90. The molecule has 2 N–H and O–H groups in total. The first-order chi connectivity index (χ1) is 7.65. The Bertz CT molecular complexity index is 332. The van der Waals surface area contributed by atoms with Gasteiger partial charge in [0.2, 0.25) is 5.82 Å². The molecule has 0 saturated carbocycles. The second kappa shape index (κ2) is 6.25. The summed E-state index contributed by atoms with van der Waals surface area (Å²) < 4.78 is 0. The number of rotatable bonds is 6. The van der Waals surface area contributed by atoms with Gasteiger partial charge in [-0.15, -0.1) is 5.10 Å². The smallest absolute Gasteiger partial charge is 0.290 e. The lowest BCUT2D eigenvalue weighted by atomic mass is 10.2. The minimum Gasteiger partial charge on any atom is -0.349 e. The van der Waals surface area contributed by atoms with Gasteiger partial charge in [-0.1, -0.05) is 33.6 Å². The van der Waals surface area contributed by atoms with E-state index in [0.29, 0.717) is 6.54 Å². The number of unbranched alkanes of at least 4 members (excludes halogenated alkanes) is 2. The molecule has 1 aromatic rings.